The van der Waals surface area contributed by atoms with Crippen LogP contribution in [-0.2, 0) is 11.2 Å². The maximum absolute atomic E-state index is 10.7. The second kappa shape index (κ2) is 7.51. The number of carbonyl (C=O) groups is 1. The average Bonchev–Trinajstić information content (AvgIpc) is 2.32. The lowest BCUT2D eigenvalue weighted by molar-refractivity contribution is -0.139. The van der Waals surface area contributed by atoms with Gasteiger partial charge < -0.3 is 20.6 Å². The van der Waals surface area contributed by atoms with Crippen LogP contribution in [0.4, 0.5) is 0 Å². The molecule has 0 aliphatic carbocycles. The SMILES string of the molecule is CC.CN[C@@H](Cc1ccc(O)c(O)c1)C(=O)O. The summed E-state index contributed by atoms with van der Waals surface area (Å²) in [7, 11) is 1.55. The average molecular weight is 241 g/mol. The molecule has 0 saturated carbocycles. The van der Waals surface area contributed by atoms with Gasteiger partial charge in [0.2, 0.25) is 0 Å². The molecular weight excluding hydrogens is 222 g/mol. The number of phenolic OH excluding ortho intramolecular Hbond substituents is 2. The number of carboxylic acids is 1. The zero-order valence-electron chi connectivity index (χ0n) is 10.3. The monoisotopic (exact) mass is 241 g/mol. The van der Waals surface area contributed by atoms with Crippen molar-refractivity contribution in [1.82, 2.24) is 5.32 Å². The maximum atomic E-state index is 10.7. The van der Waals surface area contributed by atoms with Gasteiger partial charge in [-0.1, -0.05) is 19.9 Å². The number of carboxylic acid groups (broad SMARTS) is 1. The van der Waals surface area contributed by atoms with Crippen molar-refractivity contribution >= 4 is 5.97 Å². The standard InChI is InChI=1S/C10H13NO4.C2H6/c1-11-7(10(14)15)4-6-2-3-8(12)9(13)5-6;1-2/h2-3,5,7,11-13H,4H2,1H3,(H,14,15);1-2H3/t7-;/m0./s1. The second-order valence-electron chi connectivity index (χ2n) is 3.21. The van der Waals surface area contributed by atoms with Crippen molar-refractivity contribution in [3.05, 3.63) is 23.8 Å². The summed E-state index contributed by atoms with van der Waals surface area (Å²) in [5.41, 5.74) is 0.645. The third-order valence-electron chi connectivity index (χ3n) is 2.13. The molecule has 0 saturated heterocycles. The normalized spacial score (nSPS) is 11.2. The van der Waals surface area contributed by atoms with Gasteiger partial charge in [-0.25, -0.2) is 0 Å². The van der Waals surface area contributed by atoms with Gasteiger partial charge in [-0.2, -0.15) is 0 Å². The molecule has 4 N–H and O–H groups in total. The molecule has 96 valence electrons. The Morgan fingerprint density at radius 1 is 1.29 bits per heavy atom. The van der Waals surface area contributed by atoms with Crippen LogP contribution < -0.4 is 5.32 Å². The van der Waals surface area contributed by atoms with E-state index in [1.807, 2.05) is 13.8 Å². The number of likely N-dealkylation sites (N-methyl/N-ethyl adjacent to an activating group) is 1. The fourth-order valence-electron chi connectivity index (χ4n) is 1.24. The summed E-state index contributed by atoms with van der Waals surface area (Å²) >= 11 is 0. The van der Waals surface area contributed by atoms with Gasteiger partial charge in [0.15, 0.2) is 11.5 Å². The van der Waals surface area contributed by atoms with Crippen LogP contribution in [0.5, 0.6) is 11.5 Å². The molecule has 0 aliphatic rings. The Bertz CT molecular complexity index is 366. The minimum atomic E-state index is -0.954. The van der Waals surface area contributed by atoms with Crippen molar-refractivity contribution in [3.63, 3.8) is 0 Å². The van der Waals surface area contributed by atoms with Crippen LogP contribution in [0.1, 0.15) is 19.4 Å². The summed E-state index contributed by atoms with van der Waals surface area (Å²) in [4.78, 5) is 10.7. The van der Waals surface area contributed by atoms with Gasteiger partial charge in [0.25, 0.3) is 0 Å². The Morgan fingerprint density at radius 3 is 2.29 bits per heavy atom. The van der Waals surface area contributed by atoms with E-state index >= 15 is 0 Å². The van der Waals surface area contributed by atoms with E-state index in [1.54, 1.807) is 13.1 Å². The zero-order chi connectivity index (χ0) is 13.4. The van der Waals surface area contributed by atoms with Crippen molar-refractivity contribution in [1.29, 1.82) is 0 Å². The summed E-state index contributed by atoms with van der Waals surface area (Å²) in [5.74, 6) is -1.41. The molecular formula is C12H19NO4. The van der Waals surface area contributed by atoms with Crippen molar-refractivity contribution in [2.75, 3.05) is 7.05 Å². The van der Waals surface area contributed by atoms with Gasteiger partial charge in [0.05, 0.1) is 0 Å². The number of aromatic hydroxyl groups is 2. The summed E-state index contributed by atoms with van der Waals surface area (Å²) in [5, 5.41) is 29.7. The summed E-state index contributed by atoms with van der Waals surface area (Å²) < 4.78 is 0. The molecule has 0 unspecified atom stereocenters. The summed E-state index contributed by atoms with van der Waals surface area (Å²) in [6.45, 7) is 4.00. The third-order valence-corrected chi connectivity index (χ3v) is 2.13. The molecule has 0 aromatic heterocycles. The van der Waals surface area contributed by atoms with Gasteiger partial charge >= 0.3 is 5.97 Å². The molecule has 0 bridgehead atoms. The fraction of sp³-hybridized carbons (Fsp3) is 0.417. The minimum absolute atomic E-state index is 0.213. The molecule has 0 heterocycles. The van der Waals surface area contributed by atoms with Crippen LogP contribution >= 0.6 is 0 Å². The molecule has 0 amide bonds. The van der Waals surface area contributed by atoms with E-state index < -0.39 is 12.0 Å². The first-order chi connectivity index (χ1) is 8.04. The smallest absolute Gasteiger partial charge is 0.321 e. The Hall–Kier alpha value is -1.75. The van der Waals surface area contributed by atoms with Gasteiger partial charge in [0.1, 0.15) is 6.04 Å². The highest BCUT2D eigenvalue weighted by Crippen LogP contribution is 2.25. The highest BCUT2D eigenvalue weighted by Gasteiger charge is 2.15. The lowest BCUT2D eigenvalue weighted by Crippen LogP contribution is -2.35. The van der Waals surface area contributed by atoms with Gasteiger partial charge in [-0.15, -0.1) is 0 Å². The molecule has 1 aromatic rings. The topological polar surface area (TPSA) is 89.8 Å². The van der Waals surface area contributed by atoms with E-state index in [-0.39, 0.29) is 17.9 Å². The van der Waals surface area contributed by atoms with E-state index in [1.165, 1.54) is 12.1 Å². The first-order valence-corrected chi connectivity index (χ1v) is 5.45. The number of hydrogen-bond donors (Lipinski definition) is 4. The molecule has 5 nitrogen and oxygen atoms in total. The summed E-state index contributed by atoms with van der Waals surface area (Å²) in [6.07, 6.45) is 0.250. The fourth-order valence-corrected chi connectivity index (χ4v) is 1.24. The number of nitrogens with one attached hydrogen (secondary N) is 1. The van der Waals surface area contributed by atoms with Gasteiger partial charge in [-0.05, 0) is 31.2 Å². The second-order valence-corrected chi connectivity index (χ2v) is 3.21. The number of benzene rings is 1. The van der Waals surface area contributed by atoms with E-state index in [0.29, 0.717) is 5.56 Å². The lowest BCUT2D eigenvalue weighted by Gasteiger charge is -2.11. The lowest BCUT2D eigenvalue weighted by atomic mass is 10.1. The van der Waals surface area contributed by atoms with Crippen LogP contribution in [0.25, 0.3) is 0 Å². The summed E-state index contributed by atoms with van der Waals surface area (Å²) in [6, 6.07) is 3.55. The predicted octanol–water partition coefficient (Wildman–Crippen LogP) is 1.34. The molecule has 1 atom stereocenters. The van der Waals surface area contributed by atoms with E-state index in [2.05, 4.69) is 5.32 Å². The Morgan fingerprint density at radius 2 is 1.88 bits per heavy atom. The van der Waals surface area contributed by atoms with Crippen LogP contribution in [0, 0.1) is 0 Å². The Balaban J connectivity index is 0.00000121. The van der Waals surface area contributed by atoms with E-state index in [9.17, 15) is 9.90 Å². The van der Waals surface area contributed by atoms with E-state index in [0.717, 1.165) is 0 Å². The molecule has 5 heteroatoms. The van der Waals surface area contributed by atoms with Gasteiger partial charge in [-0.3, -0.25) is 4.79 Å². The number of hydrogen-bond acceptors (Lipinski definition) is 4. The number of rotatable bonds is 4. The largest absolute Gasteiger partial charge is 0.504 e. The predicted molar refractivity (Wildman–Crippen MR) is 65.3 cm³/mol. The Kier molecular flexibility index (Phi) is 6.74. The molecule has 0 aliphatic heterocycles. The third kappa shape index (κ3) is 4.74. The minimum Gasteiger partial charge on any atom is -0.504 e. The highest BCUT2D eigenvalue weighted by molar-refractivity contribution is 5.73. The highest BCUT2D eigenvalue weighted by atomic mass is 16.4. The molecule has 1 aromatic carbocycles. The van der Waals surface area contributed by atoms with Crippen LogP contribution in [0.3, 0.4) is 0 Å². The molecule has 0 radical (unpaired) electrons. The maximum Gasteiger partial charge on any atom is 0.321 e. The van der Waals surface area contributed by atoms with Crippen molar-refractivity contribution in [2.24, 2.45) is 0 Å². The molecule has 0 fully saturated rings. The van der Waals surface area contributed by atoms with Crippen LogP contribution in [0.15, 0.2) is 18.2 Å². The van der Waals surface area contributed by atoms with Crippen LogP contribution in [0.2, 0.25) is 0 Å². The number of phenols is 2. The molecule has 17 heavy (non-hydrogen) atoms. The Labute approximate surface area is 101 Å². The van der Waals surface area contributed by atoms with E-state index in [4.69, 9.17) is 10.2 Å². The van der Waals surface area contributed by atoms with Crippen molar-refractivity contribution in [2.45, 2.75) is 26.3 Å². The first kappa shape index (κ1) is 15.2. The number of aliphatic carboxylic acids is 1. The first-order valence-electron chi connectivity index (χ1n) is 5.45. The van der Waals surface area contributed by atoms with Gasteiger partial charge in [0, 0.05) is 0 Å². The van der Waals surface area contributed by atoms with Crippen molar-refractivity contribution in [3.8, 4) is 11.5 Å². The van der Waals surface area contributed by atoms with Crippen LogP contribution in [-0.4, -0.2) is 34.4 Å². The molecule has 1 rings (SSSR count). The molecule has 0 spiro atoms. The quantitative estimate of drug-likeness (QED) is 0.597. The van der Waals surface area contributed by atoms with Crippen molar-refractivity contribution < 1.29 is 20.1 Å². The zero-order valence-corrected chi connectivity index (χ0v) is 10.3.